The molecule has 1 aliphatic rings. The first-order valence-electron chi connectivity index (χ1n) is 19.8. The fraction of sp³-hybridized carbons (Fsp3) is 0. The van der Waals surface area contributed by atoms with E-state index in [0.717, 1.165) is 78.2 Å². The molecule has 4 heteroatoms. The summed E-state index contributed by atoms with van der Waals surface area (Å²) >= 11 is 0. The molecular weight excluding hydrogens is 719 g/mol. The standard InChI is InChI=1S/C55H31N3O/c56-32-38-19-25-51-55-44(38)6-5-7-46(55)45-22-18-37(31-52(45)59-51)33-10-12-34(13-11-33)42-20-14-35-17-24-48-43(21-15-36-16-23-47(42)53(35)54(36)48)39-28-40(49-8-1-3-26-57-49)30-41(29-39)50-9-2-4-27-58-50/h1-31H. The van der Waals surface area contributed by atoms with Crippen molar-refractivity contribution in [1.82, 2.24) is 9.97 Å². The third-order valence-electron chi connectivity index (χ3n) is 12.0. The van der Waals surface area contributed by atoms with Crippen LogP contribution in [0.25, 0.3) is 110 Å². The van der Waals surface area contributed by atoms with Crippen LogP contribution in [0, 0.1) is 11.3 Å². The molecule has 0 atom stereocenters. The Morgan fingerprint density at radius 2 is 0.966 bits per heavy atom. The number of fused-ring (bicyclic) bond motifs is 2. The average molecular weight is 750 g/mol. The van der Waals surface area contributed by atoms with E-state index >= 15 is 0 Å². The van der Waals surface area contributed by atoms with Crippen LogP contribution in [-0.2, 0) is 0 Å². The topological polar surface area (TPSA) is 58.8 Å². The Morgan fingerprint density at radius 3 is 1.61 bits per heavy atom. The summed E-state index contributed by atoms with van der Waals surface area (Å²) in [5.41, 5.74) is 13.6. The Labute approximate surface area is 340 Å². The maximum absolute atomic E-state index is 9.71. The molecule has 0 fully saturated rings. The molecule has 4 nitrogen and oxygen atoms in total. The summed E-state index contributed by atoms with van der Waals surface area (Å²) in [7, 11) is 0. The Morgan fingerprint density at radius 1 is 0.373 bits per heavy atom. The van der Waals surface area contributed by atoms with Crippen molar-refractivity contribution in [3.63, 3.8) is 0 Å². The van der Waals surface area contributed by atoms with E-state index in [2.05, 4.69) is 133 Å². The normalized spacial score (nSPS) is 11.8. The number of rotatable bonds is 5. The maximum Gasteiger partial charge on any atom is 0.136 e. The Kier molecular flexibility index (Phi) is 7.26. The third-order valence-corrected chi connectivity index (χ3v) is 12.0. The molecular formula is C55H31N3O. The van der Waals surface area contributed by atoms with Gasteiger partial charge in [-0.15, -0.1) is 0 Å². The van der Waals surface area contributed by atoms with Crippen LogP contribution >= 0.6 is 0 Å². The van der Waals surface area contributed by atoms with E-state index in [1.807, 2.05) is 60.9 Å². The summed E-state index contributed by atoms with van der Waals surface area (Å²) in [6.45, 7) is 0. The molecule has 0 saturated carbocycles. The van der Waals surface area contributed by atoms with Crippen LogP contribution in [0.1, 0.15) is 5.56 Å². The van der Waals surface area contributed by atoms with E-state index in [9.17, 15) is 5.26 Å². The summed E-state index contributed by atoms with van der Waals surface area (Å²) in [6, 6.07) is 64.5. The maximum atomic E-state index is 9.71. The fourth-order valence-electron chi connectivity index (χ4n) is 9.20. The Hall–Kier alpha value is -8.13. The lowest BCUT2D eigenvalue weighted by Gasteiger charge is -2.22. The van der Waals surface area contributed by atoms with Crippen LogP contribution in [0.2, 0.25) is 0 Å². The van der Waals surface area contributed by atoms with Crippen LogP contribution in [0.4, 0.5) is 0 Å². The zero-order valence-electron chi connectivity index (χ0n) is 31.6. The predicted octanol–water partition coefficient (Wildman–Crippen LogP) is 14.5. The first-order valence-corrected chi connectivity index (χ1v) is 19.8. The third kappa shape index (κ3) is 5.23. The minimum atomic E-state index is 0.655. The summed E-state index contributed by atoms with van der Waals surface area (Å²) in [6.07, 6.45) is 3.69. The number of aromatic nitrogens is 2. The largest absolute Gasteiger partial charge is 0.456 e. The van der Waals surface area contributed by atoms with Gasteiger partial charge in [0.05, 0.1) is 23.0 Å². The first-order chi connectivity index (χ1) is 29.2. The zero-order valence-corrected chi connectivity index (χ0v) is 31.6. The van der Waals surface area contributed by atoms with E-state index < -0.39 is 0 Å². The van der Waals surface area contributed by atoms with Crippen molar-refractivity contribution in [2.45, 2.75) is 0 Å². The van der Waals surface area contributed by atoms with E-state index in [1.165, 1.54) is 43.4 Å². The lowest BCUT2D eigenvalue weighted by Crippen LogP contribution is -1.98. The molecule has 0 spiro atoms. The van der Waals surface area contributed by atoms with Crippen LogP contribution < -0.4 is 4.74 Å². The number of benzene rings is 9. The second kappa shape index (κ2) is 13.0. The fourth-order valence-corrected chi connectivity index (χ4v) is 9.20. The number of nitriles is 1. The van der Waals surface area contributed by atoms with Gasteiger partial charge in [0.15, 0.2) is 0 Å². The molecule has 9 aromatic carbocycles. The molecule has 1 aliphatic heterocycles. The van der Waals surface area contributed by atoms with Gasteiger partial charge in [0, 0.05) is 39.9 Å². The van der Waals surface area contributed by atoms with Gasteiger partial charge in [0.2, 0.25) is 0 Å². The lowest BCUT2D eigenvalue weighted by atomic mass is 9.86. The van der Waals surface area contributed by atoms with Gasteiger partial charge >= 0.3 is 0 Å². The summed E-state index contributed by atoms with van der Waals surface area (Å²) in [5, 5.41) is 19.1. The van der Waals surface area contributed by atoms with Crippen LogP contribution in [-0.4, -0.2) is 9.97 Å². The van der Waals surface area contributed by atoms with Crippen LogP contribution in [0.3, 0.4) is 0 Å². The van der Waals surface area contributed by atoms with Gasteiger partial charge in [0.1, 0.15) is 11.5 Å². The number of pyridine rings is 2. The van der Waals surface area contributed by atoms with Gasteiger partial charge in [-0.25, -0.2) is 0 Å². The zero-order chi connectivity index (χ0) is 39.0. The summed E-state index contributed by atoms with van der Waals surface area (Å²) < 4.78 is 6.48. The molecule has 272 valence electrons. The highest BCUT2D eigenvalue weighted by Crippen LogP contribution is 2.49. The highest BCUT2D eigenvalue weighted by Gasteiger charge is 2.22. The number of hydrogen-bond donors (Lipinski definition) is 0. The smallest absolute Gasteiger partial charge is 0.136 e. The van der Waals surface area contributed by atoms with Gasteiger partial charge in [-0.3, -0.25) is 9.97 Å². The Balaban J connectivity index is 0.947. The van der Waals surface area contributed by atoms with Gasteiger partial charge in [-0.05, 0) is 138 Å². The minimum Gasteiger partial charge on any atom is -0.456 e. The minimum absolute atomic E-state index is 0.655. The molecule has 3 heterocycles. The predicted molar refractivity (Wildman–Crippen MR) is 241 cm³/mol. The second-order valence-electron chi connectivity index (χ2n) is 15.2. The van der Waals surface area contributed by atoms with Gasteiger partial charge in [0.25, 0.3) is 0 Å². The quantitative estimate of drug-likeness (QED) is 0.164. The van der Waals surface area contributed by atoms with E-state index in [1.54, 1.807) is 0 Å². The number of ether oxygens (including phenoxy) is 1. The van der Waals surface area contributed by atoms with E-state index in [4.69, 9.17) is 14.7 Å². The van der Waals surface area contributed by atoms with Gasteiger partial charge in [-0.1, -0.05) is 109 Å². The first kappa shape index (κ1) is 33.1. The van der Waals surface area contributed by atoms with Crippen molar-refractivity contribution in [3.05, 3.63) is 194 Å². The molecule has 0 amide bonds. The highest BCUT2D eigenvalue weighted by molar-refractivity contribution is 6.27. The molecule has 59 heavy (non-hydrogen) atoms. The molecule has 0 unspecified atom stereocenters. The van der Waals surface area contributed by atoms with Crippen molar-refractivity contribution in [2.75, 3.05) is 0 Å². The molecule has 11 aromatic rings. The summed E-state index contributed by atoms with van der Waals surface area (Å²) in [4.78, 5) is 9.42. The van der Waals surface area contributed by atoms with Gasteiger partial charge in [-0.2, -0.15) is 5.26 Å². The van der Waals surface area contributed by atoms with Crippen molar-refractivity contribution in [2.24, 2.45) is 0 Å². The molecule has 0 radical (unpaired) electrons. The van der Waals surface area contributed by atoms with Crippen LogP contribution in [0.5, 0.6) is 11.5 Å². The highest BCUT2D eigenvalue weighted by atomic mass is 16.5. The van der Waals surface area contributed by atoms with Crippen molar-refractivity contribution >= 4 is 43.1 Å². The molecule has 0 N–H and O–H groups in total. The van der Waals surface area contributed by atoms with E-state index in [0.29, 0.717) is 5.56 Å². The SMILES string of the molecule is N#Cc1ccc2c3c(cccc13)-c1ccc(-c3ccc(-c4ccc5ccc6c(-c7cc(-c8ccccn8)cc(-c8ccccn8)c7)ccc7ccc4c5c76)cc3)cc1O2. The molecule has 2 aromatic heterocycles. The van der Waals surface area contributed by atoms with Gasteiger partial charge < -0.3 is 4.74 Å². The molecule has 0 saturated heterocycles. The van der Waals surface area contributed by atoms with Crippen molar-refractivity contribution in [1.29, 1.82) is 5.26 Å². The van der Waals surface area contributed by atoms with Crippen molar-refractivity contribution in [3.8, 4) is 84.6 Å². The van der Waals surface area contributed by atoms with Crippen LogP contribution in [0.15, 0.2) is 188 Å². The second-order valence-corrected chi connectivity index (χ2v) is 15.2. The summed E-state index contributed by atoms with van der Waals surface area (Å²) in [5.74, 6) is 1.60. The molecule has 0 bridgehead atoms. The average Bonchev–Trinajstić information content (AvgIpc) is 3.31. The number of hydrogen-bond acceptors (Lipinski definition) is 4. The Bertz CT molecular complexity index is 3460. The number of nitrogens with zero attached hydrogens (tertiary/aromatic N) is 3. The monoisotopic (exact) mass is 749 g/mol. The molecule has 0 aliphatic carbocycles. The molecule has 12 rings (SSSR count). The lowest BCUT2D eigenvalue weighted by molar-refractivity contribution is 0.487. The van der Waals surface area contributed by atoms with E-state index in [-0.39, 0.29) is 0 Å². The van der Waals surface area contributed by atoms with Crippen molar-refractivity contribution < 1.29 is 4.74 Å².